The summed E-state index contributed by atoms with van der Waals surface area (Å²) in [6.45, 7) is 0.603. The zero-order valence-electron chi connectivity index (χ0n) is 15.5. The molecule has 1 aliphatic heterocycles. The maximum absolute atomic E-state index is 12.5. The number of hydrogen-bond acceptors (Lipinski definition) is 3. The number of amides is 1. The van der Waals surface area contributed by atoms with E-state index in [9.17, 15) is 13.2 Å². The standard InChI is InChI=1S/C22H27NO3S/c24-22(23-14-7-8-18-13-15-27(25,26)17-18)16-21(19-9-3-1-4-10-19)20-11-5-2-6-12-20/h1-6,9-12,18,21H,7-8,13-17H2,(H,23,24). The lowest BCUT2D eigenvalue weighted by atomic mass is 9.88. The summed E-state index contributed by atoms with van der Waals surface area (Å²) in [6.07, 6.45) is 2.86. The highest BCUT2D eigenvalue weighted by molar-refractivity contribution is 7.91. The van der Waals surface area contributed by atoms with Crippen molar-refractivity contribution >= 4 is 15.7 Å². The van der Waals surface area contributed by atoms with E-state index in [1.165, 1.54) is 0 Å². The first kappa shape index (κ1) is 19.6. The Morgan fingerprint density at radius 2 is 1.59 bits per heavy atom. The molecule has 2 aromatic rings. The Labute approximate surface area is 161 Å². The predicted molar refractivity (Wildman–Crippen MR) is 108 cm³/mol. The molecule has 1 unspecified atom stereocenters. The van der Waals surface area contributed by atoms with Crippen molar-refractivity contribution in [3.8, 4) is 0 Å². The molecule has 1 atom stereocenters. The van der Waals surface area contributed by atoms with Gasteiger partial charge in [-0.25, -0.2) is 8.42 Å². The van der Waals surface area contributed by atoms with Crippen molar-refractivity contribution in [2.24, 2.45) is 5.92 Å². The average Bonchev–Trinajstić information content (AvgIpc) is 3.03. The van der Waals surface area contributed by atoms with Crippen molar-refractivity contribution in [3.05, 3.63) is 71.8 Å². The van der Waals surface area contributed by atoms with Crippen molar-refractivity contribution in [1.82, 2.24) is 5.32 Å². The van der Waals surface area contributed by atoms with E-state index < -0.39 is 9.84 Å². The molecule has 1 saturated heterocycles. The molecule has 5 heteroatoms. The Morgan fingerprint density at radius 1 is 1.00 bits per heavy atom. The third-order valence-electron chi connectivity index (χ3n) is 5.23. The summed E-state index contributed by atoms with van der Waals surface area (Å²) in [5, 5.41) is 3.01. The average molecular weight is 386 g/mol. The molecule has 3 rings (SSSR count). The second kappa shape index (κ2) is 9.18. The van der Waals surface area contributed by atoms with E-state index in [1.807, 2.05) is 36.4 Å². The van der Waals surface area contributed by atoms with Gasteiger partial charge in [-0.15, -0.1) is 0 Å². The zero-order valence-corrected chi connectivity index (χ0v) is 16.3. The predicted octanol–water partition coefficient (Wildman–Crippen LogP) is 3.54. The molecule has 1 aliphatic rings. The highest BCUT2D eigenvalue weighted by Crippen LogP contribution is 2.28. The fourth-order valence-corrected chi connectivity index (χ4v) is 5.69. The molecule has 0 aromatic heterocycles. The Balaban J connectivity index is 1.51. The molecular formula is C22H27NO3S. The summed E-state index contributed by atoms with van der Waals surface area (Å²) in [7, 11) is -2.81. The van der Waals surface area contributed by atoms with Gasteiger partial charge in [0, 0.05) is 18.9 Å². The third-order valence-corrected chi connectivity index (χ3v) is 7.07. The van der Waals surface area contributed by atoms with Crippen LogP contribution in [0.1, 0.15) is 42.7 Å². The molecule has 0 radical (unpaired) electrons. The van der Waals surface area contributed by atoms with Crippen LogP contribution in [0.3, 0.4) is 0 Å². The van der Waals surface area contributed by atoms with Crippen molar-refractivity contribution in [2.45, 2.75) is 31.6 Å². The number of sulfone groups is 1. The molecule has 144 valence electrons. The van der Waals surface area contributed by atoms with E-state index in [0.29, 0.717) is 24.5 Å². The fourth-order valence-electron chi connectivity index (χ4n) is 3.77. The van der Waals surface area contributed by atoms with E-state index >= 15 is 0 Å². The number of rotatable bonds is 8. The summed E-state index contributed by atoms with van der Waals surface area (Å²) in [4.78, 5) is 12.5. The van der Waals surface area contributed by atoms with Crippen molar-refractivity contribution in [2.75, 3.05) is 18.1 Å². The molecular weight excluding hydrogens is 358 g/mol. The van der Waals surface area contributed by atoms with Crippen LogP contribution in [0.15, 0.2) is 60.7 Å². The van der Waals surface area contributed by atoms with Gasteiger partial charge in [0.25, 0.3) is 0 Å². The highest BCUT2D eigenvalue weighted by atomic mass is 32.2. The van der Waals surface area contributed by atoms with Gasteiger partial charge in [0.05, 0.1) is 11.5 Å². The van der Waals surface area contributed by atoms with Gasteiger partial charge in [-0.3, -0.25) is 4.79 Å². The number of hydrogen-bond donors (Lipinski definition) is 1. The summed E-state index contributed by atoms with van der Waals surface area (Å²) in [6, 6.07) is 20.2. The van der Waals surface area contributed by atoms with Gasteiger partial charge >= 0.3 is 0 Å². The minimum Gasteiger partial charge on any atom is -0.356 e. The van der Waals surface area contributed by atoms with Crippen LogP contribution in [-0.2, 0) is 14.6 Å². The molecule has 0 saturated carbocycles. The molecule has 0 spiro atoms. The van der Waals surface area contributed by atoms with Crippen LogP contribution in [0.2, 0.25) is 0 Å². The summed E-state index contributed by atoms with van der Waals surface area (Å²) < 4.78 is 23.0. The van der Waals surface area contributed by atoms with Gasteiger partial charge in [-0.2, -0.15) is 0 Å². The molecule has 0 aliphatic carbocycles. The van der Waals surface area contributed by atoms with Gasteiger partial charge in [-0.1, -0.05) is 60.7 Å². The maximum atomic E-state index is 12.5. The highest BCUT2D eigenvalue weighted by Gasteiger charge is 2.27. The molecule has 0 bridgehead atoms. The lowest BCUT2D eigenvalue weighted by Crippen LogP contribution is -2.26. The topological polar surface area (TPSA) is 63.2 Å². The van der Waals surface area contributed by atoms with Crippen molar-refractivity contribution in [1.29, 1.82) is 0 Å². The molecule has 4 nitrogen and oxygen atoms in total. The third kappa shape index (κ3) is 5.93. The van der Waals surface area contributed by atoms with Crippen molar-refractivity contribution in [3.63, 3.8) is 0 Å². The van der Waals surface area contributed by atoms with Crippen LogP contribution in [0.4, 0.5) is 0 Å². The SMILES string of the molecule is O=C(CC(c1ccccc1)c1ccccc1)NCCCC1CCS(=O)(=O)C1. The second-order valence-corrected chi connectivity index (χ2v) is 9.57. The molecule has 27 heavy (non-hydrogen) atoms. The summed E-state index contributed by atoms with van der Waals surface area (Å²) in [5.74, 6) is 0.956. The molecule has 1 N–H and O–H groups in total. The second-order valence-electron chi connectivity index (χ2n) is 7.34. The molecule has 2 aromatic carbocycles. The summed E-state index contributed by atoms with van der Waals surface area (Å²) >= 11 is 0. The number of carbonyl (C=O) groups is 1. The van der Waals surface area contributed by atoms with Crippen LogP contribution < -0.4 is 5.32 Å². The minimum absolute atomic E-state index is 0.0340. The van der Waals surface area contributed by atoms with Crippen LogP contribution >= 0.6 is 0 Å². The van der Waals surface area contributed by atoms with E-state index in [-0.39, 0.29) is 17.7 Å². The largest absolute Gasteiger partial charge is 0.356 e. The molecule has 1 fully saturated rings. The van der Waals surface area contributed by atoms with E-state index in [1.54, 1.807) is 0 Å². The smallest absolute Gasteiger partial charge is 0.220 e. The lowest BCUT2D eigenvalue weighted by molar-refractivity contribution is -0.121. The fraction of sp³-hybridized carbons (Fsp3) is 0.409. The summed E-state index contributed by atoms with van der Waals surface area (Å²) in [5.41, 5.74) is 2.27. The Hall–Kier alpha value is -2.14. The van der Waals surface area contributed by atoms with E-state index in [0.717, 1.165) is 30.4 Å². The number of nitrogens with one attached hydrogen (secondary N) is 1. The van der Waals surface area contributed by atoms with Gasteiger partial charge in [0.1, 0.15) is 0 Å². The van der Waals surface area contributed by atoms with Gasteiger partial charge in [-0.05, 0) is 36.3 Å². The van der Waals surface area contributed by atoms with E-state index in [2.05, 4.69) is 29.6 Å². The minimum atomic E-state index is -2.81. The van der Waals surface area contributed by atoms with Crippen molar-refractivity contribution < 1.29 is 13.2 Å². The van der Waals surface area contributed by atoms with Crippen LogP contribution in [0.25, 0.3) is 0 Å². The first-order valence-corrected chi connectivity index (χ1v) is 11.4. The number of carbonyl (C=O) groups excluding carboxylic acids is 1. The normalized spacial score (nSPS) is 18.5. The molecule has 1 amide bonds. The van der Waals surface area contributed by atoms with Gasteiger partial charge < -0.3 is 5.32 Å². The monoisotopic (exact) mass is 385 g/mol. The lowest BCUT2D eigenvalue weighted by Gasteiger charge is -2.18. The first-order chi connectivity index (χ1) is 13.0. The van der Waals surface area contributed by atoms with E-state index in [4.69, 9.17) is 0 Å². The van der Waals surface area contributed by atoms with Gasteiger partial charge in [0.15, 0.2) is 9.84 Å². The van der Waals surface area contributed by atoms with Gasteiger partial charge in [0.2, 0.25) is 5.91 Å². The Bertz CT molecular complexity index is 795. The zero-order chi connectivity index (χ0) is 19.1. The van der Waals surface area contributed by atoms with Crippen LogP contribution in [0.5, 0.6) is 0 Å². The quantitative estimate of drug-likeness (QED) is 0.707. The Kier molecular flexibility index (Phi) is 6.67. The maximum Gasteiger partial charge on any atom is 0.220 e. The first-order valence-electron chi connectivity index (χ1n) is 9.60. The number of benzene rings is 2. The Morgan fingerprint density at radius 3 is 2.11 bits per heavy atom. The van der Waals surface area contributed by atoms with Crippen LogP contribution in [-0.4, -0.2) is 32.4 Å². The molecule has 1 heterocycles. The van der Waals surface area contributed by atoms with Crippen LogP contribution in [0, 0.1) is 5.92 Å².